The SMILES string of the molecule is C#CCO[Si](C)(C)C(C)C. The molecule has 0 saturated carbocycles. The van der Waals surface area contributed by atoms with E-state index in [1.54, 1.807) is 0 Å². The van der Waals surface area contributed by atoms with Gasteiger partial charge in [-0.2, -0.15) is 0 Å². The molecule has 0 aromatic carbocycles. The lowest BCUT2D eigenvalue weighted by atomic mass is 10.6. The van der Waals surface area contributed by atoms with Crippen LogP contribution >= 0.6 is 0 Å². The Morgan fingerprint density at radius 3 is 2.30 bits per heavy atom. The molecule has 0 spiro atoms. The molecule has 0 radical (unpaired) electrons. The summed E-state index contributed by atoms with van der Waals surface area (Å²) in [6.45, 7) is 9.22. The monoisotopic (exact) mass is 156 g/mol. The Hall–Kier alpha value is -0.263. The lowest BCUT2D eigenvalue weighted by Crippen LogP contribution is -2.33. The lowest BCUT2D eigenvalue weighted by Gasteiger charge is -2.25. The molecule has 58 valence electrons. The molecule has 0 saturated heterocycles. The Bertz CT molecular complexity index is 133. The van der Waals surface area contributed by atoms with Crippen molar-refractivity contribution in [2.75, 3.05) is 6.61 Å². The Morgan fingerprint density at radius 2 is 2.00 bits per heavy atom. The summed E-state index contributed by atoms with van der Waals surface area (Å²) in [6, 6.07) is 0. The highest BCUT2D eigenvalue weighted by atomic mass is 28.4. The standard InChI is InChI=1S/C8H16OSi/c1-6-7-9-10(4,5)8(2)3/h1,8H,7H2,2-5H3. The smallest absolute Gasteiger partial charge is 0.190 e. The van der Waals surface area contributed by atoms with Gasteiger partial charge in [0.25, 0.3) is 0 Å². The van der Waals surface area contributed by atoms with Gasteiger partial charge in [-0.15, -0.1) is 6.42 Å². The van der Waals surface area contributed by atoms with E-state index in [0.717, 1.165) is 0 Å². The van der Waals surface area contributed by atoms with Crippen LogP contribution in [0.15, 0.2) is 0 Å². The predicted octanol–water partition coefficient (Wildman–Crippen LogP) is 2.25. The molecule has 2 heteroatoms. The number of rotatable bonds is 3. The molecule has 0 aromatic heterocycles. The predicted molar refractivity (Wildman–Crippen MR) is 47.4 cm³/mol. The summed E-state index contributed by atoms with van der Waals surface area (Å²) in [5.41, 5.74) is 0.640. The summed E-state index contributed by atoms with van der Waals surface area (Å²) >= 11 is 0. The van der Waals surface area contributed by atoms with Crippen molar-refractivity contribution in [3.63, 3.8) is 0 Å². The number of hydrogen-bond acceptors (Lipinski definition) is 1. The average Bonchev–Trinajstić information content (AvgIpc) is 1.84. The topological polar surface area (TPSA) is 9.23 Å². The first kappa shape index (κ1) is 9.74. The minimum Gasteiger partial charge on any atom is -0.406 e. The van der Waals surface area contributed by atoms with E-state index in [9.17, 15) is 0 Å². The third-order valence-electron chi connectivity index (χ3n) is 1.92. The second-order valence-corrected chi connectivity index (χ2v) is 7.90. The molecule has 0 heterocycles. The van der Waals surface area contributed by atoms with Gasteiger partial charge in [0.05, 0.1) is 6.61 Å². The quantitative estimate of drug-likeness (QED) is 0.450. The van der Waals surface area contributed by atoms with E-state index < -0.39 is 8.32 Å². The van der Waals surface area contributed by atoms with Crippen molar-refractivity contribution in [3.8, 4) is 12.3 Å². The Labute approximate surface area is 64.9 Å². The van der Waals surface area contributed by atoms with Crippen molar-refractivity contribution >= 4 is 8.32 Å². The Kier molecular flexibility index (Phi) is 3.70. The third kappa shape index (κ3) is 3.05. The van der Waals surface area contributed by atoms with Crippen LogP contribution in [0.3, 0.4) is 0 Å². The van der Waals surface area contributed by atoms with Gasteiger partial charge < -0.3 is 4.43 Å². The van der Waals surface area contributed by atoms with Crippen LogP contribution in [-0.4, -0.2) is 14.9 Å². The molecule has 0 aliphatic carbocycles. The van der Waals surface area contributed by atoms with E-state index in [2.05, 4.69) is 32.9 Å². The molecule has 0 atom stereocenters. The zero-order valence-corrected chi connectivity index (χ0v) is 8.27. The van der Waals surface area contributed by atoms with Gasteiger partial charge in [-0.25, -0.2) is 0 Å². The maximum atomic E-state index is 5.54. The van der Waals surface area contributed by atoms with Crippen LogP contribution in [-0.2, 0) is 4.43 Å². The highest BCUT2D eigenvalue weighted by molar-refractivity contribution is 6.72. The molecule has 0 bridgehead atoms. The molecule has 1 nitrogen and oxygen atoms in total. The van der Waals surface area contributed by atoms with Crippen LogP contribution < -0.4 is 0 Å². The maximum absolute atomic E-state index is 5.54. The van der Waals surface area contributed by atoms with E-state index in [4.69, 9.17) is 10.8 Å². The first-order valence-corrected chi connectivity index (χ1v) is 6.56. The molecular weight excluding hydrogens is 140 g/mol. The largest absolute Gasteiger partial charge is 0.406 e. The van der Waals surface area contributed by atoms with Crippen molar-refractivity contribution in [2.45, 2.75) is 32.5 Å². The van der Waals surface area contributed by atoms with Crippen LogP contribution in [0, 0.1) is 12.3 Å². The van der Waals surface area contributed by atoms with Gasteiger partial charge in [-0.3, -0.25) is 0 Å². The van der Waals surface area contributed by atoms with Crippen LogP contribution in [0.25, 0.3) is 0 Å². The fourth-order valence-corrected chi connectivity index (χ4v) is 1.18. The minimum absolute atomic E-state index is 0.470. The van der Waals surface area contributed by atoms with Gasteiger partial charge in [0.15, 0.2) is 8.32 Å². The van der Waals surface area contributed by atoms with Crippen molar-refractivity contribution < 1.29 is 4.43 Å². The van der Waals surface area contributed by atoms with Gasteiger partial charge >= 0.3 is 0 Å². The molecule has 0 N–H and O–H groups in total. The minimum atomic E-state index is -1.44. The normalized spacial score (nSPS) is 11.6. The molecule has 0 aliphatic heterocycles. The van der Waals surface area contributed by atoms with Gasteiger partial charge in [0.1, 0.15) is 0 Å². The molecule has 0 aliphatic rings. The Morgan fingerprint density at radius 1 is 1.50 bits per heavy atom. The second-order valence-electron chi connectivity index (χ2n) is 3.25. The van der Waals surface area contributed by atoms with E-state index >= 15 is 0 Å². The summed E-state index contributed by atoms with van der Waals surface area (Å²) in [4.78, 5) is 0. The zero-order chi connectivity index (χ0) is 8.20. The molecule has 0 aromatic rings. The number of hydrogen-bond donors (Lipinski definition) is 0. The molecule has 0 amide bonds. The van der Waals surface area contributed by atoms with Crippen molar-refractivity contribution in [2.24, 2.45) is 0 Å². The first-order chi connectivity index (χ1) is 4.50. The average molecular weight is 156 g/mol. The summed E-state index contributed by atoms with van der Waals surface area (Å²) in [5, 5.41) is 0. The lowest BCUT2D eigenvalue weighted by molar-refractivity contribution is 0.352. The van der Waals surface area contributed by atoms with Crippen LogP contribution in [0.4, 0.5) is 0 Å². The van der Waals surface area contributed by atoms with Gasteiger partial charge in [-0.1, -0.05) is 19.8 Å². The summed E-state index contributed by atoms with van der Waals surface area (Å²) in [6.07, 6.45) is 5.08. The molecule has 0 unspecified atom stereocenters. The van der Waals surface area contributed by atoms with Crippen LogP contribution in [0.2, 0.25) is 18.6 Å². The van der Waals surface area contributed by atoms with E-state index in [1.165, 1.54) is 0 Å². The van der Waals surface area contributed by atoms with E-state index in [-0.39, 0.29) is 0 Å². The fourth-order valence-electron chi connectivity index (χ4n) is 0.394. The number of terminal acetylenes is 1. The summed E-state index contributed by atoms with van der Waals surface area (Å²) in [5.74, 6) is 2.49. The summed E-state index contributed by atoms with van der Waals surface area (Å²) in [7, 11) is -1.44. The molecular formula is C8H16OSi. The molecule has 10 heavy (non-hydrogen) atoms. The summed E-state index contributed by atoms with van der Waals surface area (Å²) < 4.78 is 5.54. The highest BCUT2D eigenvalue weighted by Crippen LogP contribution is 2.20. The van der Waals surface area contributed by atoms with Crippen LogP contribution in [0.1, 0.15) is 13.8 Å². The van der Waals surface area contributed by atoms with Crippen LogP contribution in [0.5, 0.6) is 0 Å². The zero-order valence-electron chi connectivity index (χ0n) is 7.27. The van der Waals surface area contributed by atoms with Crippen molar-refractivity contribution in [3.05, 3.63) is 0 Å². The maximum Gasteiger partial charge on any atom is 0.190 e. The van der Waals surface area contributed by atoms with Crippen molar-refractivity contribution in [1.82, 2.24) is 0 Å². The highest BCUT2D eigenvalue weighted by Gasteiger charge is 2.25. The van der Waals surface area contributed by atoms with E-state index in [0.29, 0.717) is 12.1 Å². The van der Waals surface area contributed by atoms with Gasteiger partial charge in [0.2, 0.25) is 0 Å². The van der Waals surface area contributed by atoms with E-state index in [1.807, 2.05) is 0 Å². The third-order valence-corrected chi connectivity index (χ3v) is 5.59. The fraction of sp³-hybridized carbons (Fsp3) is 0.750. The molecule has 0 fully saturated rings. The second kappa shape index (κ2) is 3.80. The molecule has 0 rings (SSSR count). The Balaban J connectivity index is 3.77. The van der Waals surface area contributed by atoms with Crippen molar-refractivity contribution in [1.29, 1.82) is 0 Å². The van der Waals surface area contributed by atoms with Gasteiger partial charge in [0, 0.05) is 0 Å². The first-order valence-electron chi connectivity index (χ1n) is 3.58. The van der Waals surface area contributed by atoms with Gasteiger partial charge in [-0.05, 0) is 18.6 Å².